The van der Waals surface area contributed by atoms with Crippen LogP contribution in [-0.4, -0.2) is 28.0 Å². The Morgan fingerprint density at radius 2 is 2.12 bits per heavy atom. The summed E-state index contributed by atoms with van der Waals surface area (Å²) in [6.45, 7) is 8.00. The zero-order valence-electron chi connectivity index (χ0n) is 15.6. The summed E-state index contributed by atoms with van der Waals surface area (Å²) >= 11 is 6.39. The number of nitrogens with zero attached hydrogens (tertiary/aromatic N) is 3. The van der Waals surface area contributed by atoms with Gasteiger partial charge in [-0.1, -0.05) is 32.4 Å². The van der Waals surface area contributed by atoms with E-state index in [2.05, 4.69) is 35.6 Å². The summed E-state index contributed by atoms with van der Waals surface area (Å²) in [6, 6.07) is 3.74. The van der Waals surface area contributed by atoms with Crippen LogP contribution in [0, 0.1) is 0 Å². The van der Waals surface area contributed by atoms with Crippen molar-refractivity contribution in [1.29, 1.82) is 0 Å². The number of fused-ring (bicyclic) bond motifs is 2. The van der Waals surface area contributed by atoms with Crippen molar-refractivity contribution in [3.8, 4) is 0 Å². The van der Waals surface area contributed by atoms with Crippen molar-refractivity contribution in [3.05, 3.63) is 50.8 Å². The van der Waals surface area contributed by atoms with Gasteiger partial charge in [-0.25, -0.2) is 9.97 Å². The van der Waals surface area contributed by atoms with Crippen LogP contribution in [0.15, 0.2) is 23.1 Å². The molecule has 1 aliphatic carbocycles. The van der Waals surface area contributed by atoms with E-state index in [-0.39, 0.29) is 16.4 Å². The Morgan fingerprint density at radius 3 is 2.85 bits per heavy atom. The molecule has 0 saturated carbocycles. The lowest BCUT2D eigenvalue weighted by molar-refractivity contribution is 0.331. The lowest BCUT2D eigenvalue weighted by atomic mass is 9.77. The molecule has 1 spiro atoms. The van der Waals surface area contributed by atoms with Gasteiger partial charge in [0.25, 0.3) is 5.56 Å². The first-order chi connectivity index (χ1) is 12.3. The molecule has 5 nitrogen and oxygen atoms in total. The molecule has 1 saturated heterocycles. The third kappa shape index (κ3) is 2.82. The molecule has 1 fully saturated rings. The summed E-state index contributed by atoms with van der Waals surface area (Å²) in [4.78, 5) is 27.4. The van der Waals surface area contributed by atoms with Crippen LogP contribution in [0.25, 0.3) is 0 Å². The van der Waals surface area contributed by atoms with Crippen molar-refractivity contribution in [1.82, 2.24) is 15.0 Å². The highest BCUT2D eigenvalue weighted by Crippen LogP contribution is 2.44. The molecule has 2 aliphatic rings. The summed E-state index contributed by atoms with van der Waals surface area (Å²) in [5.41, 5.74) is 1.64. The molecule has 0 amide bonds. The van der Waals surface area contributed by atoms with E-state index in [0.29, 0.717) is 5.02 Å². The van der Waals surface area contributed by atoms with Crippen LogP contribution in [0.3, 0.4) is 0 Å². The summed E-state index contributed by atoms with van der Waals surface area (Å²) in [6.07, 6.45) is 5.65. The van der Waals surface area contributed by atoms with Crippen LogP contribution in [-0.2, 0) is 17.3 Å². The monoisotopic (exact) mass is 372 g/mol. The third-order valence-corrected chi connectivity index (χ3v) is 5.99. The highest BCUT2D eigenvalue weighted by molar-refractivity contribution is 6.32. The fourth-order valence-corrected chi connectivity index (χ4v) is 4.57. The summed E-state index contributed by atoms with van der Waals surface area (Å²) in [5, 5.41) is 0.678. The number of nitrogens with one attached hydrogen (secondary N) is 1. The van der Waals surface area contributed by atoms with Gasteiger partial charge in [-0.2, -0.15) is 0 Å². The Kier molecular flexibility index (Phi) is 4.10. The van der Waals surface area contributed by atoms with E-state index in [4.69, 9.17) is 16.6 Å². The van der Waals surface area contributed by atoms with E-state index in [1.165, 1.54) is 0 Å². The van der Waals surface area contributed by atoms with Gasteiger partial charge < -0.3 is 9.88 Å². The summed E-state index contributed by atoms with van der Waals surface area (Å²) in [5.74, 6) is 1.61. The number of piperidine rings is 1. The minimum absolute atomic E-state index is 0.0322. The van der Waals surface area contributed by atoms with Gasteiger partial charge in [0.05, 0.1) is 10.7 Å². The standard InChI is InChI=1S/C20H25ClN4O/c1-19(2,3)18-23-15-13(17(26)24-18)7-9-20(15)8-5-11-25(12-20)16-14(21)6-4-10-22-16/h4,6,10H,5,7-9,11-12H2,1-3H3,(H,23,24,26). The topological polar surface area (TPSA) is 61.9 Å². The van der Waals surface area contributed by atoms with Crippen LogP contribution < -0.4 is 10.5 Å². The summed E-state index contributed by atoms with van der Waals surface area (Å²) < 4.78 is 0. The van der Waals surface area contributed by atoms with E-state index < -0.39 is 0 Å². The molecule has 1 unspecified atom stereocenters. The van der Waals surface area contributed by atoms with Crippen LogP contribution in [0.4, 0.5) is 5.82 Å². The number of hydrogen-bond acceptors (Lipinski definition) is 4. The molecule has 2 aromatic heterocycles. The third-order valence-electron chi connectivity index (χ3n) is 5.70. The fraction of sp³-hybridized carbons (Fsp3) is 0.550. The average Bonchev–Trinajstić information content (AvgIpc) is 2.93. The molecular weight excluding hydrogens is 348 g/mol. The fourth-order valence-electron chi connectivity index (χ4n) is 4.33. The van der Waals surface area contributed by atoms with Crippen LogP contribution in [0.5, 0.6) is 0 Å². The number of rotatable bonds is 1. The highest BCUT2D eigenvalue weighted by Gasteiger charge is 2.45. The van der Waals surface area contributed by atoms with Crippen LogP contribution in [0.1, 0.15) is 57.1 Å². The van der Waals surface area contributed by atoms with Crippen molar-refractivity contribution in [2.45, 2.75) is 57.3 Å². The molecule has 26 heavy (non-hydrogen) atoms. The predicted octanol–water partition coefficient (Wildman–Crippen LogP) is 3.60. The van der Waals surface area contributed by atoms with Gasteiger partial charge in [0.1, 0.15) is 11.6 Å². The normalized spacial score (nSPS) is 22.7. The second-order valence-corrected chi connectivity index (χ2v) is 9.01. The van der Waals surface area contributed by atoms with Gasteiger partial charge in [0.2, 0.25) is 0 Å². The molecule has 0 bridgehead atoms. The van der Waals surface area contributed by atoms with E-state index in [0.717, 1.165) is 61.7 Å². The Balaban J connectivity index is 1.77. The first kappa shape index (κ1) is 17.5. The van der Waals surface area contributed by atoms with Crippen LogP contribution >= 0.6 is 11.6 Å². The predicted molar refractivity (Wildman–Crippen MR) is 104 cm³/mol. The number of aromatic amines is 1. The molecule has 2 aromatic rings. The van der Waals surface area contributed by atoms with Gasteiger partial charge in [0.15, 0.2) is 0 Å². The van der Waals surface area contributed by atoms with Crippen molar-refractivity contribution in [2.75, 3.05) is 18.0 Å². The van der Waals surface area contributed by atoms with E-state index in [1.54, 1.807) is 6.20 Å². The van der Waals surface area contributed by atoms with E-state index in [1.807, 2.05) is 12.1 Å². The molecule has 1 atom stereocenters. The highest BCUT2D eigenvalue weighted by atomic mass is 35.5. The zero-order chi connectivity index (χ0) is 18.5. The van der Waals surface area contributed by atoms with Crippen molar-refractivity contribution in [2.24, 2.45) is 0 Å². The SMILES string of the molecule is CC(C)(C)c1nc2c(c(=O)[nH]1)CCC21CCCN(c2ncccc2Cl)C1. The van der Waals surface area contributed by atoms with Gasteiger partial charge in [-0.15, -0.1) is 0 Å². The average molecular weight is 373 g/mol. The zero-order valence-corrected chi connectivity index (χ0v) is 16.4. The lowest BCUT2D eigenvalue weighted by Crippen LogP contribution is -2.46. The largest absolute Gasteiger partial charge is 0.354 e. The van der Waals surface area contributed by atoms with E-state index in [9.17, 15) is 4.79 Å². The van der Waals surface area contributed by atoms with Crippen molar-refractivity contribution in [3.63, 3.8) is 0 Å². The molecule has 0 aromatic carbocycles. The van der Waals surface area contributed by atoms with Crippen molar-refractivity contribution < 1.29 is 0 Å². The minimum atomic E-state index is -0.184. The maximum absolute atomic E-state index is 12.7. The molecule has 4 rings (SSSR count). The molecule has 3 heterocycles. The Hall–Kier alpha value is -1.88. The number of pyridine rings is 1. The molecule has 1 N–H and O–H groups in total. The van der Waals surface area contributed by atoms with Gasteiger partial charge in [-0.05, 0) is 37.8 Å². The Morgan fingerprint density at radius 1 is 1.31 bits per heavy atom. The second kappa shape index (κ2) is 6.08. The maximum Gasteiger partial charge on any atom is 0.254 e. The smallest absolute Gasteiger partial charge is 0.254 e. The van der Waals surface area contributed by atoms with E-state index >= 15 is 0 Å². The van der Waals surface area contributed by atoms with Gasteiger partial charge >= 0.3 is 0 Å². The first-order valence-electron chi connectivity index (χ1n) is 9.30. The molecular formula is C20H25ClN4O. The lowest BCUT2D eigenvalue weighted by Gasteiger charge is -2.41. The Bertz CT molecular complexity index is 901. The molecule has 1 aliphatic heterocycles. The number of anilines is 1. The minimum Gasteiger partial charge on any atom is -0.354 e. The maximum atomic E-state index is 12.7. The van der Waals surface area contributed by atoms with Gasteiger partial charge in [0, 0.05) is 35.7 Å². The Labute approximate surface area is 158 Å². The van der Waals surface area contributed by atoms with Gasteiger partial charge in [-0.3, -0.25) is 4.79 Å². The molecule has 138 valence electrons. The number of hydrogen-bond donors (Lipinski definition) is 1. The second-order valence-electron chi connectivity index (χ2n) is 8.61. The quantitative estimate of drug-likeness (QED) is 0.830. The first-order valence-corrected chi connectivity index (χ1v) is 9.68. The number of halogens is 1. The van der Waals surface area contributed by atoms with Crippen LogP contribution in [0.2, 0.25) is 5.02 Å². The molecule has 6 heteroatoms. The number of H-pyrrole nitrogens is 1. The molecule has 0 radical (unpaired) electrons. The summed E-state index contributed by atoms with van der Waals surface area (Å²) in [7, 11) is 0. The van der Waals surface area contributed by atoms with Crippen molar-refractivity contribution >= 4 is 17.4 Å². The number of aromatic nitrogens is 3.